The SMILES string of the molecule is CCC(Oc1ccccc1Cl)C(=O)NCCSC(C)(C)C. The van der Waals surface area contributed by atoms with Crippen molar-refractivity contribution < 1.29 is 9.53 Å². The minimum absolute atomic E-state index is 0.0908. The van der Waals surface area contributed by atoms with Gasteiger partial charge in [-0.3, -0.25) is 4.79 Å². The lowest BCUT2D eigenvalue weighted by Crippen LogP contribution is -2.39. The quantitative estimate of drug-likeness (QED) is 0.764. The first kappa shape index (κ1) is 18.2. The first-order valence-electron chi connectivity index (χ1n) is 7.16. The van der Waals surface area contributed by atoms with E-state index in [4.69, 9.17) is 16.3 Å². The highest BCUT2D eigenvalue weighted by Crippen LogP contribution is 2.25. The van der Waals surface area contributed by atoms with E-state index in [1.807, 2.05) is 30.8 Å². The number of ether oxygens (including phenoxy) is 1. The molecular weight excluding hydrogens is 306 g/mol. The van der Waals surface area contributed by atoms with Crippen LogP contribution < -0.4 is 10.1 Å². The van der Waals surface area contributed by atoms with Crippen LogP contribution in [-0.2, 0) is 4.79 Å². The van der Waals surface area contributed by atoms with Crippen LogP contribution in [0, 0.1) is 0 Å². The summed E-state index contributed by atoms with van der Waals surface area (Å²) in [5.41, 5.74) is 0. The second-order valence-corrected chi connectivity index (χ2v) is 8.03. The molecule has 3 nitrogen and oxygen atoms in total. The molecular formula is C16H24ClNO2S. The Labute approximate surface area is 136 Å². The van der Waals surface area contributed by atoms with Crippen molar-refractivity contribution in [2.24, 2.45) is 0 Å². The third-order valence-electron chi connectivity index (χ3n) is 2.71. The maximum absolute atomic E-state index is 12.1. The van der Waals surface area contributed by atoms with Crippen LogP contribution in [0.15, 0.2) is 24.3 Å². The fourth-order valence-corrected chi connectivity index (χ4v) is 2.66. The monoisotopic (exact) mass is 329 g/mol. The first-order valence-corrected chi connectivity index (χ1v) is 8.52. The number of nitrogens with one attached hydrogen (secondary N) is 1. The molecule has 0 bridgehead atoms. The summed E-state index contributed by atoms with van der Waals surface area (Å²) >= 11 is 7.87. The zero-order valence-corrected chi connectivity index (χ0v) is 14.7. The fraction of sp³-hybridized carbons (Fsp3) is 0.562. The highest BCUT2D eigenvalue weighted by atomic mass is 35.5. The topological polar surface area (TPSA) is 38.3 Å². The number of rotatable bonds is 7. The summed E-state index contributed by atoms with van der Waals surface area (Å²) in [4.78, 5) is 12.1. The Morgan fingerprint density at radius 3 is 2.62 bits per heavy atom. The van der Waals surface area contributed by atoms with Crippen molar-refractivity contribution in [3.63, 3.8) is 0 Å². The van der Waals surface area contributed by atoms with Crippen LogP contribution in [0.2, 0.25) is 5.02 Å². The van der Waals surface area contributed by atoms with Crippen molar-refractivity contribution in [3.05, 3.63) is 29.3 Å². The second kappa shape index (κ2) is 8.54. The minimum Gasteiger partial charge on any atom is -0.479 e. The van der Waals surface area contributed by atoms with Gasteiger partial charge in [0.15, 0.2) is 6.10 Å². The number of carbonyl (C=O) groups excluding carboxylic acids is 1. The van der Waals surface area contributed by atoms with Gasteiger partial charge in [-0.25, -0.2) is 0 Å². The molecule has 1 unspecified atom stereocenters. The largest absolute Gasteiger partial charge is 0.479 e. The van der Waals surface area contributed by atoms with E-state index in [0.717, 1.165) is 5.75 Å². The molecule has 0 radical (unpaired) electrons. The zero-order valence-electron chi connectivity index (χ0n) is 13.1. The van der Waals surface area contributed by atoms with Crippen molar-refractivity contribution in [1.29, 1.82) is 0 Å². The molecule has 0 saturated carbocycles. The summed E-state index contributed by atoms with van der Waals surface area (Å²) in [6, 6.07) is 7.20. The summed E-state index contributed by atoms with van der Waals surface area (Å²) < 4.78 is 5.91. The van der Waals surface area contributed by atoms with E-state index in [1.165, 1.54) is 0 Å². The Bertz CT molecular complexity index is 460. The van der Waals surface area contributed by atoms with Gasteiger partial charge in [-0.05, 0) is 18.6 Å². The molecule has 0 aliphatic heterocycles. The Hall–Kier alpha value is -0.870. The van der Waals surface area contributed by atoms with Gasteiger partial charge in [0.25, 0.3) is 5.91 Å². The lowest BCUT2D eigenvalue weighted by molar-refractivity contribution is -0.127. The van der Waals surface area contributed by atoms with Gasteiger partial charge in [0.1, 0.15) is 5.75 Å². The smallest absolute Gasteiger partial charge is 0.261 e. The Balaban J connectivity index is 2.45. The molecule has 0 aliphatic rings. The number of amides is 1. The van der Waals surface area contributed by atoms with Crippen LogP contribution in [0.3, 0.4) is 0 Å². The van der Waals surface area contributed by atoms with Crippen LogP contribution in [0.4, 0.5) is 0 Å². The molecule has 0 heterocycles. The molecule has 0 aliphatic carbocycles. The lowest BCUT2D eigenvalue weighted by atomic mass is 10.2. The number of para-hydroxylation sites is 1. The highest BCUT2D eigenvalue weighted by molar-refractivity contribution is 8.00. The third kappa shape index (κ3) is 7.09. The van der Waals surface area contributed by atoms with Crippen LogP contribution in [0.25, 0.3) is 0 Å². The highest BCUT2D eigenvalue weighted by Gasteiger charge is 2.19. The average Bonchev–Trinajstić information content (AvgIpc) is 2.41. The second-order valence-electron chi connectivity index (χ2n) is 5.70. The zero-order chi connectivity index (χ0) is 15.9. The molecule has 1 aromatic rings. The molecule has 1 amide bonds. The van der Waals surface area contributed by atoms with Gasteiger partial charge in [-0.15, -0.1) is 0 Å². The van der Waals surface area contributed by atoms with Gasteiger partial charge in [-0.1, -0.05) is 51.4 Å². The molecule has 0 fully saturated rings. The van der Waals surface area contributed by atoms with E-state index in [9.17, 15) is 4.79 Å². The van der Waals surface area contributed by atoms with Gasteiger partial charge >= 0.3 is 0 Å². The van der Waals surface area contributed by atoms with Gasteiger partial charge in [0.2, 0.25) is 0 Å². The van der Waals surface area contributed by atoms with E-state index in [1.54, 1.807) is 12.1 Å². The van der Waals surface area contributed by atoms with Gasteiger partial charge < -0.3 is 10.1 Å². The summed E-state index contributed by atoms with van der Waals surface area (Å²) in [6.45, 7) is 9.05. The van der Waals surface area contributed by atoms with Crippen molar-refractivity contribution in [2.75, 3.05) is 12.3 Å². The van der Waals surface area contributed by atoms with Crippen LogP contribution in [0.1, 0.15) is 34.1 Å². The number of hydrogen-bond donors (Lipinski definition) is 1. The predicted molar refractivity (Wildman–Crippen MR) is 91.4 cm³/mol. The van der Waals surface area contributed by atoms with Crippen molar-refractivity contribution in [2.45, 2.75) is 45.0 Å². The number of carbonyl (C=O) groups is 1. The molecule has 1 rings (SSSR count). The maximum Gasteiger partial charge on any atom is 0.261 e. The Kier molecular flexibility index (Phi) is 7.40. The molecule has 21 heavy (non-hydrogen) atoms. The lowest BCUT2D eigenvalue weighted by Gasteiger charge is -2.20. The predicted octanol–water partition coefficient (Wildman–Crippen LogP) is 4.15. The van der Waals surface area contributed by atoms with E-state index >= 15 is 0 Å². The number of halogens is 1. The van der Waals surface area contributed by atoms with Crippen LogP contribution in [0.5, 0.6) is 5.75 Å². The summed E-state index contributed by atoms with van der Waals surface area (Å²) in [7, 11) is 0. The van der Waals surface area contributed by atoms with Crippen molar-refractivity contribution >= 4 is 29.3 Å². The molecule has 1 aromatic carbocycles. The normalized spacial score (nSPS) is 12.8. The molecule has 5 heteroatoms. The van der Waals surface area contributed by atoms with Gasteiger partial charge in [-0.2, -0.15) is 11.8 Å². The molecule has 1 N–H and O–H groups in total. The van der Waals surface area contributed by atoms with E-state index in [2.05, 4.69) is 26.1 Å². The van der Waals surface area contributed by atoms with E-state index in [0.29, 0.717) is 23.7 Å². The third-order valence-corrected chi connectivity index (χ3v) is 4.29. The molecule has 0 spiro atoms. The summed E-state index contributed by atoms with van der Waals surface area (Å²) in [5.74, 6) is 1.34. The molecule has 0 saturated heterocycles. The maximum atomic E-state index is 12.1. The van der Waals surface area contributed by atoms with Gasteiger partial charge in [0, 0.05) is 17.0 Å². The van der Waals surface area contributed by atoms with Crippen LogP contribution in [-0.4, -0.2) is 29.1 Å². The minimum atomic E-state index is -0.510. The fourth-order valence-electron chi connectivity index (χ4n) is 1.66. The number of hydrogen-bond acceptors (Lipinski definition) is 3. The molecule has 1 atom stereocenters. The van der Waals surface area contributed by atoms with Crippen LogP contribution >= 0.6 is 23.4 Å². The Morgan fingerprint density at radius 1 is 1.38 bits per heavy atom. The average molecular weight is 330 g/mol. The number of thioether (sulfide) groups is 1. The van der Waals surface area contributed by atoms with Crippen molar-refractivity contribution in [3.8, 4) is 5.75 Å². The number of benzene rings is 1. The first-order chi connectivity index (χ1) is 9.83. The van der Waals surface area contributed by atoms with Gasteiger partial charge in [0.05, 0.1) is 5.02 Å². The standard InChI is InChI=1S/C16H24ClNO2S/c1-5-13(20-14-9-7-6-8-12(14)17)15(19)18-10-11-21-16(2,3)4/h6-9,13H,5,10-11H2,1-4H3,(H,18,19). The van der Waals surface area contributed by atoms with E-state index < -0.39 is 6.10 Å². The molecule has 118 valence electrons. The Morgan fingerprint density at radius 2 is 2.05 bits per heavy atom. The summed E-state index contributed by atoms with van der Waals surface area (Å²) in [5, 5.41) is 3.44. The van der Waals surface area contributed by atoms with E-state index in [-0.39, 0.29) is 10.7 Å². The summed E-state index contributed by atoms with van der Waals surface area (Å²) in [6.07, 6.45) is 0.0910. The molecule has 0 aromatic heterocycles. The van der Waals surface area contributed by atoms with Crippen molar-refractivity contribution in [1.82, 2.24) is 5.32 Å².